The molecule has 0 bridgehead atoms. The lowest BCUT2D eigenvalue weighted by molar-refractivity contribution is -0.132. The molecule has 1 saturated heterocycles. The number of para-hydroxylation sites is 1. The minimum atomic E-state index is -0.908. The Hall–Kier alpha value is -2.82. The Morgan fingerprint density at radius 3 is 2.72 bits per heavy atom. The highest BCUT2D eigenvalue weighted by atomic mass is 16.5. The molecule has 0 aromatic heterocycles. The minimum absolute atomic E-state index is 0.172. The topological polar surface area (TPSA) is 58.6 Å². The van der Waals surface area contributed by atoms with Crippen molar-refractivity contribution in [3.05, 3.63) is 65.2 Å². The fourth-order valence-electron chi connectivity index (χ4n) is 3.83. The number of ether oxygens (including phenoxy) is 1. The highest BCUT2D eigenvalue weighted by Gasteiger charge is 2.55. The quantitative estimate of drug-likeness (QED) is 0.873. The highest BCUT2D eigenvalue weighted by Crippen LogP contribution is 2.41. The van der Waals surface area contributed by atoms with E-state index in [0.29, 0.717) is 18.8 Å². The van der Waals surface area contributed by atoms with E-state index < -0.39 is 5.54 Å². The zero-order chi connectivity index (χ0) is 17.4. The summed E-state index contributed by atoms with van der Waals surface area (Å²) < 4.78 is 5.62. The fraction of sp³-hybridized carbons (Fsp3) is 0.300. The second-order valence-corrected chi connectivity index (χ2v) is 6.42. The van der Waals surface area contributed by atoms with Crippen LogP contribution < -0.4 is 10.1 Å². The Labute approximate surface area is 146 Å². The predicted molar refractivity (Wildman–Crippen MR) is 93.1 cm³/mol. The van der Waals surface area contributed by atoms with Crippen molar-refractivity contribution in [2.24, 2.45) is 0 Å². The molecular weight excluding hydrogens is 316 g/mol. The van der Waals surface area contributed by atoms with Gasteiger partial charge in [-0.25, -0.2) is 4.79 Å². The third kappa shape index (κ3) is 2.38. The Morgan fingerprint density at radius 2 is 1.88 bits per heavy atom. The first-order chi connectivity index (χ1) is 12.2. The van der Waals surface area contributed by atoms with E-state index in [1.54, 1.807) is 0 Å². The van der Waals surface area contributed by atoms with E-state index in [1.807, 2.05) is 55.5 Å². The lowest BCUT2D eigenvalue weighted by Crippen LogP contribution is -2.41. The summed E-state index contributed by atoms with van der Waals surface area (Å²) in [6, 6.07) is 15.0. The van der Waals surface area contributed by atoms with E-state index >= 15 is 0 Å². The van der Waals surface area contributed by atoms with Gasteiger partial charge >= 0.3 is 6.03 Å². The van der Waals surface area contributed by atoms with Crippen LogP contribution in [0.3, 0.4) is 0 Å². The van der Waals surface area contributed by atoms with Crippen molar-refractivity contribution in [2.45, 2.75) is 31.8 Å². The maximum absolute atomic E-state index is 13.2. The van der Waals surface area contributed by atoms with E-state index in [-0.39, 0.29) is 18.5 Å². The van der Waals surface area contributed by atoms with Crippen LogP contribution in [-0.4, -0.2) is 23.4 Å². The molecule has 5 heteroatoms. The number of aryl methyl sites for hydroxylation is 1. The molecule has 1 heterocycles. The summed E-state index contributed by atoms with van der Waals surface area (Å²) >= 11 is 0. The van der Waals surface area contributed by atoms with Gasteiger partial charge in [-0.15, -0.1) is 0 Å². The van der Waals surface area contributed by atoms with E-state index in [4.69, 9.17) is 4.74 Å². The molecule has 1 spiro atoms. The van der Waals surface area contributed by atoms with Crippen LogP contribution in [-0.2, 0) is 23.3 Å². The second-order valence-electron chi connectivity index (χ2n) is 6.42. The first-order valence-electron chi connectivity index (χ1n) is 8.59. The Bertz CT molecular complexity index is 848. The Balaban J connectivity index is 1.66. The van der Waals surface area contributed by atoms with Crippen molar-refractivity contribution in [1.82, 2.24) is 10.2 Å². The van der Waals surface area contributed by atoms with Crippen molar-refractivity contribution in [2.75, 3.05) is 6.61 Å². The maximum atomic E-state index is 13.2. The van der Waals surface area contributed by atoms with Crippen molar-refractivity contribution in [1.29, 1.82) is 0 Å². The molecule has 0 radical (unpaired) electrons. The van der Waals surface area contributed by atoms with E-state index in [0.717, 1.165) is 23.1 Å². The maximum Gasteiger partial charge on any atom is 0.325 e. The lowest BCUT2D eigenvalue weighted by Gasteiger charge is -2.22. The van der Waals surface area contributed by atoms with Crippen LogP contribution >= 0.6 is 0 Å². The molecule has 25 heavy (non-hydrogen) atoms. The highest BCUT2D eigenvalue weighted by molar-refractivity contribution is 6.08. The average Bonchev–Trinajstić information content (AvgIpc) is 3.11. The van der Waals surface area contributed by atoms with Gasteiger partial charge in [0.2, 0.25) is 0 Å². The van der Waals surface area contributed by atoms with Gasteiger partial charge in [0.15, 0.2) is 0 Å². The SMILES string of the molecule is CCOc1ccccc1CN1C(=O)N[C@]2(CCc3ccccc32)C1=O. The summed E-state index contributed by atoms with van der Waals surface area (Å²) in [5.74, 6) is 0.534. The van der Waals surface area contributed by atoms with Crippen LogP contribution in [0.5, 0.6) is 5.75 Å². The number of nitrogens with zero attached hydrogens (tertiary/aromatic N) is 1. The van der Waals surface area contributed by atoms with Gasteiger partial charge in [0.1, 0.15) is 11.3 Å². The number of carbonyl (C=O) groups excluding carboxylic acids is 2. The van der Waals surface area contributed by atoms with Gasteiger partial charge in [0, 0.05) is 5.56 Å². The number of rotatable bonds is 4. The van der Waals surface area contributed by atoms with E-state index in [9.17, 15) is 9.59 Å². The van der Waals surface area contributed by atoms with Crippen LogP contribution in [0.25, 0.3) is 0 Å². The summed E-state index contributed by atoms with van der Waals surface area (Å²) in [6.07, 6.45) is 1.41. The molecule has 5 nitrogen and oxygen atoms in total. The van der Waals surface area contributed by atoms with Crippen LogP contribution in [0.2, 0.25) is 0 Å². The molecule has 1 aliphatic heterocycles. The molecule has 0 unspecified atom stereocenters. The second kappa shape index (κ2) is 5.92. The van der Waals surface area contributed by atoms with Gasteiger partial charge in [0.05, 0.1) is 13.2 Å². The molecular formula is C20H20N2O3. The van der Waals surface area contributed by atoms with Gasteiger partial charge in [-0.1, -0.05) is 42.5 Å². The average molecular weight is 336 g/mol. The molecule has 1 N–H and O–H groups in total. The first-order valence-corrected chi connectivity index (χ1v) is 8.59. The number of fused-ring (bicyclic) bond motifs is 2. The Morgan fingerprint density at radius 1 is 1.12 bits per heavy atom. The van der Waals surface area contributed by atoms with Gasteiger partial charge < -0.3 is 10.1 Å². The van der Waals surface area contributed by atoms with Crippen LogP contribution in [0.4, 0.5) is 4.79 Å². The number of nitrogens with one attached hydrogen (secondary N) is 1. The molecule has 1 aliphatic carbocycles. The minimum Gasteiger partial charge on any atom is -0.494 e. The zero-order valence-corrected chi connectivity index (χ0v) is 14.1. The van der Waals surface area contributed by atoms with E-state index in [2.05, 4.69) is 5.32 Å². The van der Waals surface area contributed by atoms with Gasteiger partial charge in [0.25, 0.3) is 5.91 Å². The zero-order valence-electron chi connectivity index (χ0n) is 14.1. The summed E-state index contributed by atoms with van der Waals surface area (Å²) in [5.41, 5.74) is 1.98. The molecule has 2 aromatic rings. The van der Waals surface area contributed by atoms with Crippen molar-refractivity contribution in [3.8, 4) is 5.75 Å². The summed E-state index contributed by atoms with van der Waals surface area (Å²) in [7, 11) is 0. The largest absolute Gasteiger partial charge is 0.494 e. The standard InChI is InChI=1S/C20H20N2O3/c1-2-25-17-10-6-4-8-15(17)13-22-18(23)20(21-19(22)24)12-11-14-7-3-5-9-16(14)20/h3-10H,2,11-13H2,1H3,(H,21,24)/t20-/m0/s1. The van der Waals surface area contributed by atoms with Gasteiger partial charge in [-0.3, -0.25) is 9.69 Å². The van der Waals surface area contributed by atoms with Crippen LogP contribution in [0.1, 0.15) is 30.0 Å². The number of hydrogen-bond donors (Lipinski definition) is 1. The molecule has 1 fully saturated rings. The monoisotopic (exact) mass is 336 g/mol. The number of imide groups is 1. The smallest absolute Gasteiger partial charge is 0.325 e. The number of carbonyl (C=O) groups is 2. The molecule has 2 aromatic carbocycles. The number of urea groups is 1. The molecule has 0 saturated carbocycles. The molecule has 128 valence electrons. The van der Waals surface area contributed by atoms with Crippen molar-refractivity contribution < 1.29 is 14.3 Å². The summed E-state index contributed by atoms with van der Waals surface area (Å²) in [6.45, 7) is 2.66. The molecule has 2 aliphatic rings. The normalized spacial score (nSPS) is 21.6. The van der Waals surface area contributed by atoms with E-state index in [1.165, 1.54) is 4.90 Å². The first kappa shape index (κ1) is 15.7. The van der Waals surface area contributed by atoms with Crippen LogP contribution in [0.15, 0.2) is 48.5 Å². The number of amides is 3. The number of benzene rings is 2. The Kier molecular flexibility index (Phi) is 3.71. The van der Waals surface area contributed by atoms with Crippen LogP contribution in [0, 0.1) is 0 Å². The van der Waals surface area contributed by atoms with Gasteiger partial charge in [-0.2, -0.15) is 0 Å². The molecule has 4 rings (SSSR count). The van der Waals surface area contributed by atoms with Gasteiger partial charge in [-0.05, 0) is 37.0 Å². The number of hydrogen-bond acceptors (Lipinski definition) is 3. The van der Waals surface area contributed by atoms with Crippen molar-refractivity contribution in [3.63, 3.8) is 0 Å². The molecule has 3 amide bonds. The summed E-state index contributed by atoms with van der Waals surface area (Å²) in [4.78, 5) is 27.1. The van der Waals surface area contributed by atoms with Crippen molar-refractivity contribution >= 4 is 11.9 Å². The lowest BCUT2D eigenvalue weighted by atomic mass is 9.92. The third-order valence-electron chi connectivity index (χ3n) is 5.02. The predicted octanol–water partition coefficient (Wildman–Crippen LogP) is 2.98. The molecule has 1 atom stereocenters. The fourth-order valence-corrected chi connectivity index (χ4v) is 3.83. The third-order valence-corrected chi connectivity index (χ3v) is 5.02. The summed E-state index contributed by atoms with van der Waals surface area (Å²) in [5, 5.41) is 2.95.